The van der Waals surface area contributed by atoms with Gasteiger partial charge in [-0.2, -0.15) is 0 Å². The molecule has 0 radical (unpaired) electrons. The highest BCUT2D eigenvalue weighted by atomic mass is 79.9. The van der Waals surface area contributed by atoms with Crippen LogP contribution >= 0.6 is 15.9 Å². The first-order valence-corrected chi connectivity index (χ1v) is 7.61. The van der Waals surface area contributed by atoms with E-state index in [2.05, 4.69) is 32.8 Å². The topological polar surface area (TPSA) is 6.48 Å². The molecular weight excluding hydrogens is 295 g/mol. The Labute approximate surface area is 117 Å². The fourth-order valence-corrected chi connectivity index (χ4v) is 2.90. The van der Waals surface area contributed by atoms with Crippen LogP contribution in [0, 0.1) is 5.82 Å². The second kappa shape index (κ2) is 6.53. The Kier molecular flexibility index (Phi) is 5.01. The summed E-state index contributed by atoms with van der Waals surface area (Å²) in [4.78, 5) is 4.71. The van der Waals surface area contributed by atoms with Crippen molar-refractivity contribution in [1.29, 1.82) is 0 Å². The predicted octanol–water partition coefficient (Wildman–Crippen LogP) is 3.25. The third-order valence-electron chi connectivity index (χ3n) is 3.55. The molecule has 1 aromatic rings. The Morgan fingerprint density at radius 1 is 1.33 bits per heavy atom. The molecule has 1 heterocycles. The summed E-state index contributed by atoms with van der Waals surface area (Å²) in [6, 6.07) is 5.01. The molecule has 1 saturated heterocycles. The summed E-state index contributed by atoms with van der Waals surface area (Å²) in [5, 5.41) is 0.689. The van der Waals surface area contributed by atoms with Crippen LogP contribution < -0.4 is 4.90 Å². The summed E-state index contributed by atoms with van der Waals surface area (Å²) in [5.41, 5.74) is 2.13. The molecule has 0 unspecified atom stereocenters. The van der Waals surface area contributed by atoms with Crippen LogP contribution in [0.1, 0.15) is 18.4 Å². The Morgan fingerprint density at radius 3 is 2.72 bits per heavy atom. The average Bonchev–Trinajstić information content (AvgIpc) is 2.88. The molecular formula is C14H20BrFN2. The molecule has 0 atom stereocenters. The monoisotopic (exact) mass is 314 g/mol. The maximum absolute atomic E-state index is 13.2. The maximum Gasteiger partial charge on any atom is 0.123 e. The first kappa shape index (κ1) is 13.8. The van der Waals surface area contributed by atoms with Crippen molar-refractivity contribution in [1.82, 2.24) is 4.90 Å². The van der Waals surface area contributed by atoms with Gasteiger partial charge < -0.3 is 9.80 Å². The van der Waals surface area contributed by atoms with Crippen molar-refractivity contribution in [2.45, 2.75) is 18.2 Å². The molecule has 18 heavy (non-hydrogen) atoms. The number of hydrogen-bond acceptors (Lipinski definition) is 2. The lowest BCUT2D eigenvalue weighted by Crippen LogP contribution is -2.31. The molecule has 1 fully saturated rings. The third-order valence-corrected chi connectivity index (χ3v) is 4.15. The largest absolute Gasteiger partial charge is 0.373 e. The van der Waals surface area contributed by atoms with Gasteiger partial charge >= 0.3 is 0 Å². The first-order valence-electron chi connectivity index (χ1n) is 6.48. The summed E-state index contributed by atoms with van der Waals surface area (Å²) in [7, 11) is 2.08. The number of anilines is 1. The second-order valence-electron chi connectivity index (χ2n) is 4.88. The van der Waals surface area contributed by atoms with Gasteiger partial charge in [-0.3, -0.25) is 0 Å². The summed E-state index contributed by atoms with van der Waals surface area (Å²) >= 11 is 3.42. The number of nitrogens with zero attached hydrogens (tertiary/aromatic N) is 2. The molecule has 0 N–H and O–H groups in total. The highest BCUT2D eigenvalue weighted by Crippen LogP contribution is 2.23. The van der Waals surface area contributed by atoms with Crippen molar-refractivity contribution in [3.8, 4) is 0 Å². The average molecular weight is 315 g/mol. The van der Waals surface area contributed by atoms with E-state index in [1.54, 1.807) is 6.07 Å². The van der Waals surface area contributed by atoms with Gasteiger partial charge in [-0.25, -0.2) is 4.39 Å². The smallest absolute Gasteiger partial charge is 0.123 e. The Balaban J connectivity index is 1.96. The summed E-state index contributed by atoms with van der Waals surface area (Å²) in [6.45, 7) is 4.53. The SMILES string of the molecule is CN(CCN1CCCC1)c1ccc(F)cc1CBr. The molecule has 0 amide bonds. The Morgan fingerprint density at radius 2 is 2.06 bits per heavy atom. The molecule has 1 aliphatic heterocycles. The molecule has 0 aliphatic carbocycles. The number of halogens is 2. The van der Waals surface area contributed by atoms with Crippen LogP contribution in [0.15, 0.2) is 18.2 Å². The van der Waals surface area contributed by atoms with Crippen LogP contribution in [-0.2, 0) is 5.33 Å². The van der Waals surface area contributed by atoms with Gasteiger partial charge in [-0.05, 0) is 49.7 Å². The van der Waals surface area contributed by atoms with E-state index in [9.17, 15) is 4.39 Å². The molecule has 1 aromatic carbocycles. The fraction of sp³-hybridized carbons (Fsp3) is 0.571. The van der Waals surface area contributed by atoms with E-state index in [1.807, 2.05) is 6.07 Å². The molecule has 4 heteroatoms. The van der Waals surface area contributed by atoms with Crippen LogP contribution in [0.4, 0.5) is 10.1 Å². The molecule has 100 valence electrons. The maximum atomic E-state index is 13.2. The van der Waals surface area contributed by atoms with Crippen LogP contribution in [0.5, 0.6) is 0 Å². The number of alkyl halides is 1. The van der Waals surface area contributed by atoms with E-state index >= 15 is 0 Å². The van der Waals surface area contributed by atoms with Gasteiger partial charge in [0.1, 0.15) is 5.82 Å². The van der Waals surface area contributed by atoms with E-state index in [0.29, 0.717) is 5.33 Å². The summed E-state index contributed by atoms with van der Waals surface area (Å²) < 4.78 is 13.2. The molecule has 2 nitrogen and oxygen atoms in total. The lowest BCUT2D eigenvalue weighted by molar-refractivity contribution is 0.346. The minimum atomic E-state index is -0.166. The fourth-order valence-electron chi connectivity index (χ4n) is 2.45. The number of rotatable bonds is 5. The van der Waals surface area contributed by atoms with Crippen LogP contribution in [0.25, 0.3) is 0 Å². The van der Waals surface area contributed by atoms with Gasteiger partial charge in [0.25, 0.3) is 0 Å². The highest BCUT2D eigenvalue weighted by molar-refractivity contribution is 9.08. The van der Waals surface area contributed by atoms with Gasteiger partial charge in [0.05, 0.1) is 0 Å². The highest BCUT2D eigenvalue weighted by Gasteiger charge is 2.13. The van der Waals surface area contributed by atoms with Crippen molar-refractivity contribution < 1.29 is 4.39 Å². The molecule has 1 aliphatic rings. The molecule has 2 rings (SSSR count). The summed E-state index contributed by atoms with van der Waals surface area (Å²) in [6.07, 6.45) is 2.65. The quantitative estimate of drug-likeness (QED) is 0.770. The van der Waals surface area contributed by atoms with Gasteiger partial charge in [0.2, 0.25) is 0 Å². The van der Waals surface area contributed by atoms with Gasteiger partial charge in [-0.1, -0.05) is 15.9 Å². The van der Waals surface area contributed by atoms with Crippen LogP contribution in [-0.4, -0.2) is 38.1 Å². The van der Waals surface area contributed by atoms with E-state index in [0.717, 1.165) is 24.3 Å². The van der Waals surface area contributed by atoms with Crippen molar-refractivity contribution in [2.24, 2.45) is 0 Å². The normalized spacial score (nSPS) is 16.2. The van der Waals surface area contributed by atoms with Crippen molar-refractivity contribution >= 4 is 21.6 Å². The van der Waals surface area contributed by atoms with E-state index in [-0.39, 0.29) is 5.82 Å². The minimum absolute atomic E-state index is 0.166. The second-order valence-corrected chi connectivity index (χ2v) is 5.44. The molecule has 0 saturated carbocycles. The van der Waals surface area contributed by atoms with Crippen molar-refractivity contribution in [3.63, 3.8) is 0 Å². The van der Waals surface area contributed by atoms with Crippen LogP contribution in [0.2, 0.25) is 0 Å². The van der Waals surface area contributed by atoms with Crippen LogP contribution in [0.3, 0.4) is 0 Å². The molecule has 0 bridgehead atoms. The lowest BCUT2D eigenvalue weighted by atomic mass is 10.2. The number of likely N-dealkylation sites (N-methyl/N-ethyl adjacent to an activating group) is 1. The zero-order valence-corrected chi connectivity index (χ0v) is 12.4. The van der Waals surface area contributed by atoms with E-state index in [4.69, 9.17) is 0 Å². The van der Waals surface area contributed by atoms with E-state index in [1.165, 1.54) is 32.0 Å². The molecule has 0 aromatic heterocycles. The molecule has 0 spiro atoms. The number of hydrogen-bond donors (Lipinski definition) is 0. The number of benzene rings is 1. The lowest BCUT2D eigenvalue weighted by Gasteiger charge is -2.25. The van der Waals surface area contributed by atoms with E-state index < -0.39 is 0 Å². The van der Waals surface area contributed by atoms with Crippen molar-refractivity contribution in [2.75, 3.05) is 38.1 Å². The standard InChI is InChI=1S/C14H20BrFN2/c1-17(8-9-18-6-2-3-7-18)14-5-4-13(16)10-12(14)11-15/h4-5,10H,2-3,6-9,11H2,1H3. The Hall–Kier alpha value is -0.610. The van der Waals surface area contributed by atoms with Crippen molar-refractivity contribution in [3.05, 3.63) is 29.6 Å². The first-order chi connectivity index (χ1) is 8.70. The summed E-state index contributed by atoms with van der Waals surface area (Å²) in [5.74, 6) is -0.166. The number of likely N-dealkylation sites (tertiary alicyclic amines) is 1. The zero-order chi connectivity index (χ0) is 13.0. The Bertz CT molecular complexity index is 391. The predicted molar refractivity (Wildman–Crippen MR) is 78.0 cm³/mol. The minimum Gasteiger partial charge on any atom is -0.373 e. The van der Waals surface area contributed by atoms with Gasteiger partial charge in [-0.15, -0.1) is 0 Å². The van der Waals surface area contributed by atoms with Gasteiger partial charge in [0, 0.05) is 31.2 Å². The van der Waals surface area contributed by atoms with Gasteiger partial charge in [0.15, 0.2) is 0 Å². The third kappa shape index (κ3) is 3.45. The zero-order valence-electron chi connectivity index (χ0n) is 10.8.